The van der Waals surface area contributed by atoms with Gasteiger partial charge in [-0.1, -0.05) is 23.8 Å². The number of rotatable bonds is 7. The molecular weight excluding hydrogens is 543 g/mol. The lowest BCUT2D eigenvalue weighted by Gasteiger charge is -2.39. The predicted molar refractivity (Wildman–Crippen MR) is 112 cm³/mol. The summed E-state index contributed by atoms with van der Waals surface area (Å²) in [5.74, 6) is -5.12. The van der Waals surface area contributed by atoms with Gasteiger partial charge in [0, 0.05) is 11.1 Å². The van der Waals surface area contributed by atoms with Crippen LogP contribution in [0, 0.1) is 6.92 Å². The normalized spacial score (nSPS) is 14.3. The first-order valence-corrected chi connectivity index (χ1v) is 10.1. The van der Waals surface area contributed by atoms with Crippen molar-refractivity contribution in [3.63, 3.8) is 0 Å². The molecule has 0 aliphatic rings. The SMILES string of the molecule is COC(=O)[C@@](O)(c1ccc(NC(NC(=O)c2ccc(C)cc2)(C(F)(F)F)C(F)(F)F)c(OC)c1)C(F)(F)F. The molecule has 2 aromatic carbocycles. The molecule has 1 amide bonds. The molecule has 0 unspecified atom stereocenters. The molecule has 0 aliphatic heterocycles. The molecule has 2 aromatic rings. The maximum Gasteiger partial charge on any atom is 0.439 e. The van der Waals surface area contributed by atoms with E-state index < -0.39 is 64.2 Å². The molecule has 0 saturated heterocycles. The molecule has 0 heterocycles. The van der Waals surface area contributed by atoms with E-state index in [1.807, 2.05) is 0 Å². The Balaban J connectivity index is 2.69. The molecule has 0 aromatic heterocycles. The standard InChI is InChI=1S/C22H19F9N2O5/c1-11-4-6-12(7-5-11)16(34)33-19(21(26,27)28,22(29,30)31)32-14-9-8-13(10-15(14)37-2)18(36,17(35)38-3)20(23,24)25/h4-10,32,36H,1-3H3,(H,33,34)/t18-/m0/s1. The van der Waals surface area contributed by atoms with E-state index in [9.17, 15) is 54.2 Å². The fourth-order valence-corrected chi connectivity index (χ4v) is 3.19. The summed E-state index contributed by atoms with van der Waals surface area (Å²) in [5, 5.41) is 12.0. The van der Waals surface area contributed by atoms with Crippen LogP contribution in [0.2, 0.25) is 0 Å². The van der Waals surface area contributed by atoms with E-state index in [0.717, 1.165) is 22.8 Å². The second-order valence-electron chi connectivity index (χ2n) is 7.81. The lowest BCUT2D eigenvalue weighted by atomic mass is 9.92. The number of alkyl halides is 9. The molecule has 16 heteroatoms. The van der Waals surface area contributed by atoms with Gasteiger partial charge in [0.05, 0.1) is 19.9 Å². The number of esters is 1. The van der Waals surface area contributed by atoms with Crippen molar-refractivity contribution in [1.29, 1.82) is 0 Å². The summed E-state index contributed by atoms with van der Waals surface area (Å²) in [6, 6.07) is 5.15. The molecule has 0 spiro atoms. The minimum absolute atomic E-state index is 0.187. The third-order valence-corrected chi connectivity index (χ3v) is 5.30. The Morgan fingerprint density at radius 3 is 1.76 bits per heavy atom. The molecule has 3 N–H and O–H groups in total. The van der Waals surface area contributed by atoms with E-state index in [2.05, 4.69) is 9.47 Å². The summed E-state index contributed by atoms with van der Waals surface area (Å²) >= 11 is 0. The lowest BCUT2D eigenvalue weighted by molar-refractivity contribution is -0.294. The molecule has 1 atom stereocenters. The number of anilines is 1. The Hall–Kier alpha value is -3.69. The fourth-order valence-electron chi connectivity index (χ4n) is 3.19. The number of aryl methyl sites for hydroxylation is 1. The number of hydrogen-bond donors (Lipinski definition) is 3. The quantitative estimate of drug-likeness (QED) is 0.260. The molecule has 2 rings (SSSR count). The number of methoxy groups -OCH3 is 2. The third-order valence-electron chi connectivity index (χ3n) is 5.30. The molecule has 0 fully saturated rings. The van der Waals surface area contributed by atoms with E-state index in [4.69, 9.17) is 0 Å². The highest BCUT2D eigenvalue weighted by Gasteiger charge is 2.73. The second-order valence-corrected chi connectivity index (χ2v) is 7.81. The molecule has 210 valence electrons. The van der Waals surface area contributed by atoms with E-state index >= 15 is 0 Å². The summed E-state index contributed by atoms with van der Waals surface area (Å²) in [6.07, 6.45) is -18.3. The van der Waals surface area contributed by atoms with Crippen LogP contribution in [0.25, 0.3) is 0 Å². The number of aliphatic hydroxyl groups is 1. The van der Waals surface area contributed by atoms with Crippen molar-refractivity contribution in [2.75, 3.05) is 19.5 Å². The second kappa shape index (κ2) is 10.2. The maximum absolute atomic E-state index is 14.0. The Bertz CT molecular complexity index is 1160. The summed E-state index contributed by atoms with van der Waals surface area (Å²) < 4.78 is 133. The summed E-state index contributed by atoms with van der Waals surface area (Å²) in [6.45, 7) is 1.55. The first-order valence-electron chi connectivity index (χ1n) is 10.1. The number of benzene rings is 2. The molecule has 0 radical (unpaired) electrons. The van der Waals surface area contributed by atoms with Gasteiger partial charge >= 0.3 is 30.2 Å². The lowest BCUT2D eigenvalue weighted by Crippen LogP contribution is -2.72. The summed E-state index contributed by atoms with van der Waals surface area (Å²) in [5.41, 5.74) is -12.1. The predicted octanol–water partition coefficient (Wildman–Crippen LogP) is 4.59. The average molecular weight is 562 g/mol. The molecule has 7 nitrogen and oxygen atoms in total. The Morgan fingerprint density at radius 1 is 0.816 bits per heavy atom. The van der Waals surface area contributed by atoms with Gasteiger partial charge in [0.1, 0.15) is 5.75 Å². The van der Waals surface area contributed by atoms with Crippen LogP contribution in [0.15, 0.2) is 42.5 Å². The van der Waals surface area contributed by atoms with Crippen LogP contribution in [-0.2, 0) is 15.1 Å². The van der Waals surface area contributed by atoms with Crippen LogP contribution in [0.1, 0.15) is 21.5 Å². The van der Waals surface area contributed by atoms with Gasteiger partial charge in [0.15, 0.2) is 0 Å². The van der Waals surface area contributed by atoms with Crippen molar-refractivity contribution < 1.29 is 63.7 Å². The first-order chi connectivity index (χ1) is 17.2. The zero-order valence-corrected chi connectivity index (χ0v) is 19.5. The van der Waals surface area contributed by atoms with Gasteiger partial charge in [-0.3, -0.25) is 4.79 Å². The first kappa shape index (κ1) is 30.5. The van der Waals surface area contributed by atoms with Gasteiger partial charge in [0.25, 0.3) is 11.5 Å². The zero-order chi connectivity index (χ0) is 29.3. The van der Waals surface area contributed by atoms with Gasteiger partial charge in [-0.15, -0.1) is 0 Å². The fraction of sp³-hybridized carbons (Fsp3) is 0.364. The molecular formula is C22H19F9N2O5. The van der Waals surface area contributed by atoms with Crippen molar-refractivity contribution in [1.82, 2.24) is 5.32 Å². The highest BCUT2D eigenvalue weighted by molar-refractivity contribution is 5.95. The largest absolute Gasteiger partial charge is 0.495 e. The number of nitrogens with one attached hydrogen (secondary N) is 2. The van der Waals surface area contributed by atoms with E-state index in [0.29, 0.717) is 19.8 Å². The highest BCUT2D eigenvalue weighted by Crippen LogP contribution is 2.47. The van der Waals surface area contributed by atoms with Gasteiger partial charge in [-0.25, -0.2) is 4.79 Å². The van der Waals surface area contributed by atoms with Gasteiger partial charge in [-0.05, 0) is 31.2 Å². The van der Waals surface area contributed by atoms with Gasteiger partial charge in [-0.2, -0.15) is 39.5 Å². The number of amides is 1. The highest BCUT2D eigenvalue weighted by atomic mass is 19.4. The maximum atomic E-state index is 14.0. The van der Waals surface area contributed by atoms with E-state index in [1.165, 1.54) is 12.1 Å². The Morgan fingerprint density at radius 2 is 1.34 bits per heavy atom. The number of halogens is 9. The molecule has 38 heavy (non-hydrogen) atoms. The topological polar surface area (TPSA) is 96.9 Å². The molecule has 0 saturated carbocycles. The van der Waals surface area contributed by atoms with Crippen molar-refractivity contribution in [3.8, 4) is 5.75 Å². The van der Waals surface area contributed by atoms with Gasteiger partial charge in [0.2, 0.25) is 0 Å². The number of carbonyl (C=O) groups is 2. The van der Waals surface area contributed by atoms with Crippen LogP contribution in [-0.4, -0.2) is 55.4 Å². The van der Waals surface area contributed by atoms with E-state index in [-0.39, 0.29) is 18.2 Å². The van der Waals surface area contributed by atoms with Crippen molar-refractivity contribution in [2.45, 2.75) is 36.7 Å². The van der Waals surface area contributed by atoms with Crippen molar-refractivity contribution >= 4 is 17.6 Å². The van der Waals surface area contributed by atoms with Crippen molar-refractivity contribution in [3.05, 3.63) is 59.2 Å². The van der Waals surface area contributed by atoms with Crippen LogP contribution in [0.4, 0.5) is 45.2 Å². The monoisotopic (exact) mass is 562 g/mol. The van der Waals surface area contributed by atoms with E-state index in [1.54, 1.807) is 6.92 Å². The van der Waals surface area contributed by atoms with Crippen LogP contribution in [0.3, 0.4) is 0 Å². The molecule has 0 aliphatic carbocycles. The number of hydrogen-bond acceptors (Lipinski definition) is 6. The third kappa shape index (κ3) is 5.44. The summed E-state index contributed by atoms with van der Waals surface area (Å²) in [4.78, 5) is 24.2. The van der Waals surface area contributed by atoms with Crippen molar-refractivity contribution in [2.24, 2.45) is 0 Å². The smallest absolute Gasteiger partial charge is 0.439 e. The van der Waals surface area contributed by atoms with Crippen LogP contribution >= 0.6 is 0 Å². The number of ether oxygens (including phenoxy) is 2. The minimum Gasteiger partial charge on any atom is -0.495 e. The molecule has 0 bridgehead atoms. The van der Waals surface area contributed by atoms with Crippen LogP contribution in [0.5, 0.6) is 5.75 Å². The van der Waals surface area contributed by atoms with Crippen LogP contribution < -0.4 is 15.4 Å². The summed E-state index contributed by atoms with van der Waals surface area (Å²) in [7, 11) is 1.19. The zero-order valence-electron chi connectivity index (χ0n) is 19.5. The number of carbonyl (C=O) groups excluding carboxylic acids is 2. The van der Waals surface area contributed by atoms with Gasteiger partial charge < -0.3 is 25.2 Å². The average Bonchev–Trinajstić information content (AvgIpc) is 2.80. The Labute approximate surface area is 208 Å². The minimum atomic E-state index is -6.27. The Kier molecular flexibility index (Phi) is 8.22.